The molecule has 0 saturated carbocycles. The van der Waals surface area contributed by atoms with Crippen molar-refractivity contribution >= 4 is 28.8 Å². The highest BCUT2D eigenvalue weighted by molar-refractivity contribution is 7.12. The molecule has 2 heterocycles. The van der Waals surface area contributed by atoms with E-state index < -0.39 is 0 Å². The van der Waals surface area contributed by atoms with Crippen molar-refractivity contribution in [1.29, 1.82) is 0 Å². The molecular formula is C17H19ClN2O2S. The maximum absolute atomic E-state index is 12.4. The van der Waals surface area contributed by atoms with Gasteiger partial charge in [-0.05, 0) is 18.6 Å². The SMILES string of the molecule is C[C@H](c1ccccc1Cl)N1CCN(C(=O)c2cc(O)cs2)CC1. The Hall–Kier alpha value is -1.56. The van der Waals surface area contributed by atoms with Crippen LogP contribution in [-0.4, -0.2) is 47.0 Å². The lowest BCUT2D eigenvalue weighted by Crippen LogP contribution is -2.49. The van der Waals surface area contributed by atoms with Gasteiger partial charge in [0, 0.05) is 48.7 Å². The van der Waals surface area contributed by atoms with Crippen molar-refractivity contribution in [2.45, 2.75) is 13.0 Å². The lowest BCUT2D eigenvalue weighted by molar-refractivity contribution is 0.0586. The molecule has 3 rings (SSSR count). The Morgan fingerprint density at radius 2 is 1.96 bits per heavy atom. The highest BCUT2D eigenvalue weighted by atomic mass is 35.5. The molecule has 1 aliphatic rings. The normalized spacial score (nSPS) is 17.2. The number of hydrogen-bond donors (Lipinski definition) is 1. The average molecular weight is 351 g/mol. The van der Waals surface area contributed by atoms with E-state index in [4.69, 9.17) is 11.6 Å². The summed E-state index contributed by atoms with van der Waals surface area (Å²) in [4.78, 5) is 17.2. The summed E-state index contributed by atoms with van der Waals surface area (Å²) in [6.45, 7) is 5.15. The number of amides is 1. The van der Waals surface area contributed by atoms with Gasteiger partial charge in [0.05, 0.1) is 4.88 Å². The second-order valence-electron chi connectivity index (χ2n) is 5.69. The number of carbonyl (C=O) groups excluding carboxylic acids is 1. The minimum absolute atomic E-state index is 0.000321. The molecular weight excluding hydrogens is 332 g/mol. The number of thiophene rings is 1. The summed E-state index contributed by atoms with van der Waals surface area (Å²) >= 11 is 7.57. The highest BCUT2D eigenvalue weighted by Gasteiger charge is 2.26. The lowest BCUT2D eigenvalue weighted by atomic mass is 10.1. The van der Waals surface area contributed by atoms with E-state index in [2.05, 4.69) is 17.9 Å². The first-order chi connectivity index (χ1) is 11.1. The van der Waals surface area contributed by atoms with Gasteiger partial charge < -0.3 is 10.0 Å². The van der Waals surface area contributed by atoms with Crippen molar-refractivity contribution in [3.05, 3.63) is 51.2 Å². The molecule has 1 aromatic carbocycles. The molecule has 23 heavy (non-hydrogen) atoms. The van der Waals surface area contributed by atoms with E-state index in [1.54, 1.807) is 5.38 Å². The summed E-state index contributed by atoms with van der Waals surface area (Å²) in [6.07, 6.45) is 0. The largest absolute Gasteiger partial charge is 0.507 e. The molecule has 4 nitrogen and oxygen atoms in total. The fourth-order valence-electron chi connectivity index (χ4n) is 2.92. The van der Waals surface area contributed by atoms with Crippen LogP contribution >= 0.6 is 22.9 Å². The molecule has 1 fully saturated rings. The van der Waals surface area contributed by atoms with Crippen molar-refractivity contribution in [3.8, 4) is 5.75 Å². The number of carbonyl (C=O) groups is 1. The van der Waals surface area contributed by atoms with Crippen LogP contribution < -0.4 is 0 Å². The van der Waals surface area contributed by atoms with Gasteiger partial charge in [-0.3, -0.25) is 9.69 Å². The van der Waals surface area contributed by atoms with E-state index in [1.165, 1.54) is 17.4 Å². The molecule has 1 aliphatic heterocycles. The van der Waals surface area contributed by atoms with Gasteiger partial charge in [-0.25, -0.2) is 0 Å². The van der Waals surface area contributed by atoms with Gasteiger partial charge in [-0.15, -0.1) is 11.3 Å². The number of nitrogens with zero attached hydrogens (tertiary/aromatic N) is 2. The minimum Gasteiger partial charge on any atom is -0.507 e. The molecule has 0 bridgehead atoms. The predicted octanol–water partition coefficient (Wildman–Crippen LogP) is 3.63. The minimum atomic E-state index is 0.000321. The van der Waals surface area contributed by atoms with Crippen molar-refractivity contribution in [2.75, 3.05) is 26.2 Å². The van der Waals surface area contributed by atoms with Gasteiger partial charge in [0.2, 0.25) is 0 Å². The van der Waals surface area contributed by atoms with Gasteiger partial charge in [-0.2, -0.15) is 0 Å². The zero-order valence-corrected chi connectivity index (χ0v) is 14.5. The van der Waals surface area contributed by atoms with E-state index >= 15 is 0 Å². The second-order valence-corrected chi connectivity index (χ2v) is 7.01. The molecule has 1 N–H and O–H groups in total. The van der Waals surface area contributed by atoms with Crippen molar-refractivity contribution < 1.29 is 9.90 Å². The second kappa shape index (κ2) is 6.91. The van der Waals surface area contributed by atoms with Crippen molar-refractivity contribution in [1.82, 2.24) is 9.80 Å². The third-order valence-corrected chi connectivity index (χ3v) is 5.55. The first-order valence-electron chi connectivity index (χ1n) is 7.61. The van der Waals surface area contributed by atoms with Crippen molar-refractivity contribution in [3.63, 3.8) is 0 Å². The average Bonchev–Trinajstić information content (AvgIpc) is 3.01. The van der Waals surface area contributed by atoms with Crippen LogP contribution in [0.4, 0.5) is 0 Å². The molecule has 0 spiro atoms. The fourth-order valence-corrected chi connectivity index (χ4v) is 3.95. The van der Waals surface area contributed by atoms with Crippen LogP contribution in [-0.2, 0) is 0 Å². The molecule has 0 radical (unpaired) electrons. The van der Waals surface area contributed by atoms with E-state index in [1.807, 2.05) is 23.1 Å². The molecule has 1 amide bonds. The summed E-state index contributed by atoms with van der Waals surface area (Å²) in [7, 11) is 0. The van der Waals surface area contributed by atoms with Gasteiger partial charge >= 0.3 is 0 Å². The molecule has 1 atom stereocenters. The molecule has 0 unspecified atom stereocenters. The topological polar surface area (TPSA) is 43.8 Å². The lowest BCUT2D eigenvalue weighted by Gasteiger charge is -2.38. The van der Waals surface area contributed by atoms with Gasteiger partial charge in [0.1, 0.15) is 5.75 Å². The Morgan fingerprint density at radius 3 is 2.57 bits per heavy atom. The van der Waals surface area contributed by atoms with Crippen LogP contribution in [0.5, 0.6) is 5.75 Å². The van der Waals surface area contributed by atoms with Crippen LogP contribution in [0, 0.1) is 0 Å². The maximum Gasteiger partial charge on any atom is 0.264 e. The number of rotatable bonds is 3. The van der Waals surface area contributed by atoms with Crippen LogP contribution in [0.2, 0.25) is 5.02 Å². The molecule has 2 aromatic rings. The fraction of sp³-hybridized carbons (Fsp3) is 0.353. The third kappa shape index (κ3) is 3.52. The van der Waals surface area contributed by atoms with E-state index in [0.29, 0.717) is 18.0 Å². The smallest absolute Gasteiger partial charge is 0.264 e. The Balaban J connectivity index is 1.62. The number of hydrogen-bond acceptors (Lipinski definition) is 4. The molecule has 122 valence electrons. The summed E-state index contributed by atoms with van der Waals surface area (Å²) in [6, 6.07) is 9.67. The zero-order valence-electron chi connectivity index (χ0n) is 12.9. The quantitative estimate of drug-likeness (QED) is 0.919. The Kier molecular flexibility index (Phi) is 4.90. The Morgan fingerprint density at radius 1 is 1.26 bits per heavy atom. The molecule has 6 heteroatoms. The molecule has 0 aliphatic carbocycles. The number of piperazine rings is 1. The van der Waals surface area contributed by atoms with Gasteiger partial charge in [0.25, 0.3) is 5.91 Å². The summed E-state index contributed by atoms with van der Waals surface area (Å²) in [5.41, 5.74) is 1.12. The number of aromatic hydroxyl groups is 1. The number of halogens is 1. The number of benzene rings is 1. The maximum atomic E-state index is 12.4. The zero-order chi connectivity index (χ0) is 16.4. The van der Waals surface area contributed by atoms with E-state index in [-0.39, 0.29) is 17.7 Å². The first kappa shape index (κ1) is 16.3. The first-order valence-corrected chi connectivity index (χ1v) is 8.87. The van der Waals surface area contributed by atoms with E-state index in [9.17, 15) is 9.90 Å². The standard InChI is InChI=1S/C17H19ClN2O2S/c1-12(14-4-2-3-5-15(14)18)19-6-8-20(9-7-19)17(22)16-10-13(21)11-23-16/h2-5,10-12,21H,6-9H2,1H3/t12-/m1/s1. The van der Waals surface area contributed by atoms with Crippen LogP contribution in [0.1, 0.15) is 28.2 Å². The van der Waals surface area contributed by atoms with E-state index in [0.717, 1.165) is 23.7 Å². The molecule has 1 saturated heterocycles. The summed E-state index contributed by atoms with van der Waals surface area (Å²) < 4.78 is 0. The summed E-state index contributed by atoms with van der Waals surface area (Å²) in [5.74, 6) is 0.157. The predicted molar refractivity (Wildman–Crippen MR) is 93.3 cm³/mol. The van der Waals surface area contributed by atoms with Gasteiger partial charge in [-0.1, -0.05) is 29.8 Å². The highest BCUT2D eigenvalue weighted by Crippen LogP contribution is 2.28. The van der Waals surface area contributed by atoms with Crippen molar-refractivity contribution in [2.24, 2.45) is 0 Å². The summed E-state index contributed by atoms with van der Waals surface area (Å²) in [5, 5.41) is 11.8. The Labute approximate surface area is 144 Å². The van der Waals surface area contributed by atoms with Gasteiger partial charge in [0.15, 0.2) is 0 Å². The van der Waals surface area contributed by atoms with Crippen LogP contribution in [0.25, 0.3) is 0 Å². The van der Waals surface area contributed by atoms with Crippen LogP contribution in [0.15, 0.2) is 35.7 Å². The third-order valence-electron chi connectivity index (χ3n) is 4.30. The Bertz CT molecular complexity index is 695. The molecule has 1 aromatic heterocycles. The monoisotopic (exact) mass is 350 g/mol. The van der Waals surface area contributed by atoms with Crippen LogP contribution in [0.3, 0.4) is 0 Å².